The number of fused-ring (bicyclic) bond motifs is 1. The number of amides is 1. The van der Waals surface area contributed by atoms with Crippen molar-refractivity contribution in [3.8, 4) is 5.75 Å². The summed E-state index contributed by atoms with van der Waals surface area (Å²) in [4.78, 5) is 22.9. The summed E-state index contributed by atoms with van der Waals surface area (Å²) < 4.78 is 5.88. The predicted octanol–water partition coefficient (Wildman–Crippen LogP) is 2.88. The van der Waals surface area contributed by atoms with Gasteiger partial charge >= 0.3 is 6.09 Å². The van der Waals surface area contributed by atoms with Crippen molar-refractivity contribution in [2.45, 2.75) is 12.5 Å². The first-order chi connectivity index (χ1) is 10.6. The Balaban J connectivity index is 1.91. The van der Waals surface area contributed by atoms with Gasteiger partial charge in [-0.2, -0.15) is 0 Å². The van der Waals surface area contributed by atoms with Crippen molar-refractivity contribution in [2.75, 3.05) is 13.1 Å². The smallest absolute Gasteiger partial charge is 0.407 e. The van der Waals surface area contributed by atoms with E-state index in [1.54, 1.807) is 30.3 Å². The normalized spacial score (nSPS) is 17.6. The fourth-order valence-corrected chi connectivity index (χ4v) is 2.70. The zero-order valence-corrected chi connectivity index (χ0v) is 11.6. The quantitative estimate of drug-likeness (QED) is 0.695. The average Bonchev–Trinajstić information content (AvgIpc) is 2.96. The summed E-state index contributed by atoms with van der Waals surface area (Å²) in [6.45, 7) is 0.742. The Morgan fingerprint density at radius 1 is 1.27 bits per heavy atom. The number of nitro benzene ring substituents is 1. The van der Waals surface area contributed by atoms with Gasteiger partial charge in [0.1, 0.15) is 11.9 Å². The third kappa shape index (κ3) is 2.52. The maximum absolute atomic E-state index is 11.1. The van der Waals surface area contributed by atoms with E-state index in [4.69, 9.17) is 9.84 Å². The molecule has 2 aromatic rings. The molecule has 0 saturated carbocycles. The Kier molecular flexibility index (Phi) is 3.54. The van der Waals surface area contributed by atoms with Crippen LogP contribution in [-0.2, 0) is 0 Å². The van der Waals surface area contributed by atoms with Crippen LogP contribution in [0.4, 0.5) is 10.5 Å². The van der Waals surface area contributed by atoms with Crippen molar-refractivity contribution in [1.29, 1.82) is 0 Å². The molecule has 1 N–H and O–H groups in total. The molecule has 1 aliphatic heterocycles. The van der Waals surface area contributed by atoms with Crippen molar-refractivity contribution in [2.24, 2.45) is 0 Å². The molecule has 1 aliphatic rings. The maximum atomic E-state index is 11.1. The van der Waals surface area contributed by atoms with Crippen molar-refractivity contribution in [3.05, 3.63) is 46.5 Å². The molecule has 7 nitrogen and oxygen atoms in total. The Morgan fingerprint density at radius 2 is 2.00 bits per heavy atom. The summed E-state index contributed by atoms with van der Waals surface area (Å²) in [7, 11) is 0. The van der Waals surface area contributed by atoms with E-state index in [2.05, 4.69) is 0 Å². The molecule has 0 aromatic heterocycles. The monoisotopic (exact) mass is 302 g/mol. The van der Waals surface area contributed by atoms with Gasteiger partial charge in [-0.15, -0.1) is 0 Å². The molecular weight excluding hydrogens is 288 g/mol. The first-order valence-electron chi connectivity index (χ1n) is 6.87. The molecule has 2 aromatic carbocycles. The number of hydrogen-bond acceptors (Lipinski definition) is 4. The number of carboxylic acid groups (broad SMARTS) is 1. The minimum absolute atomic E-state index is 0.0292. The lowest BCUT2D eigenvalue weighted by molar-refractivity contribution is -0.383. The third-order valence-electron chi connectivity index (χ3n) is 3.77. The Hall–Kier alpha value is -2.83. The highest BCUT2D eigenvalue weighted by molar-refractivity contribution is 5.95. The maximum Gasteiger partial charge on any atom is 0.407 e. The lowest BCUT2D eigenvalue weighted by Gasteiger charge is -2.16. The molecule has 1 heterocycles. The molecule has 1 fully saturated rings. The second kappa shape index (κ2) is 5.51. The molecular formula is C15H14N2O5. The van der Waals surface area contributed by atoms with Crippen LogP contribution in [0.15, 0.2) is 36.4 Å². The molecule has 0 unspecified atom stereocenters. The highest BCUT2D eigenvalue weighted by Gasteiger charge is 2.28. The van der Waals surface area contributed by atoms with Crippen LogP contribution >= 0.6 is 0 Å². The molecule has 114 valence electrons. The van der Waals surface area contributed by atoms with Crippen LogP contribution in [0.3, 0.4) is 0 Å². The number of ether oxygens (including phenoxy) is 1. The fourth-order valence-electron chi connectivity index (χ4n) is 2.70. The van der Waals surface area contributed by atoms with Crippen molar-refractivity contribution < 1.29 is 19.6 Å². The van der Waals surface area contributed by atoms with Gasteiger partial charge in [0.05, 0.1) is 16.9 Å². The topological polar surface area (TPSA) is 92.9 Å². The highest BCUT2D eigenvalue weighted by atomic mass is 16.6. The number of hydrogen-bond donors (Lipinski definition) is 1. The zero-order chi connectivity index (χ0) is 15.7. The molecule has 1 amide bonds. The van der Waals surface area contributed by atoms with Gasteiger partial charge in [-0.05, 0) is 12.1 Å². The van der Waals surface area contributed by atoms with E-state index in [-0.39, 0.29) is 11.8 Å². The van der Waals surface area contributed by atoms with Gasteiger partial charge in [-0.25, -0.2) is 4.79 Å². The summed E-state index contributed by atoms with van der Waals surface area (Å²) in [6, 6.07) is 9.96. The van der Waals surface area contributed by atoms with Crippen molar-refractivity contribution in [3.63, 3.8) is 0 Å². The Labute approximate surface area is 125 Å². The van der Waals surface area contributed by atoms with E-state index in [1.807, 2.05) is 0 Å². The van der Waals surface area contributed by atoms with Gasteiger partial charge in [0.25, 0.3) is 5.69 Å². The van der Waals surface area contributed by atoms with E-state index in [0.29, 0.717) is 36.0 Å². The second-order valence-electron chi connectivity index (χ2n) is 5.14. The first-order valence-corrected chi connectivity index (χ1v) is 6.87. The summed E-state index contributed by atoms with van der Waals surface area (Å²) in [5.74, 6) is 0.540. The molecule has 0 spiro atoms. The van der Waals surface area contributed by atoms with E-state index in [9.17, 15) is 14.9 Å². The number of benzene rings is 2. The summed E-state index contributed by atoms with van der Waals surface area (Å²) >= 11 is 0. The molecule has 0 bridgehead atoms. The summed E-state index contributed by atoms with van der Waals surface area (Å²) in [5, 5.41) is 21.2. The zero-order valence-electron chi connectivity index (χ0n) is 11.6. The molecule has 3 rings (SSSR count). The Bertz CT molecular complexity index is 746. The van der Waals surface area contributed by atoms with E-state index in [0.717, 1.165) is 0 Å². The molecule has 1 atom stereocenters. The van der Waals surface area contributed by atoms with E-state index in [1.165, 1.54) is 11.0 Å². The van der Waals surface area contributed by atoms with Crippen LogP contribution in [0.25, 0.3) is 10.8 Å². The van der Waals surface area contributed by atoms with Gasteiger partial charge in [0.2, 0.25) is 0 Å². The SMILES string of the molecule is O=C(O)N1CC[C@H](Oc2ccc([N+](=O)[O-])c3ccccc23)C1. The number of carbonyl (C=O) groups is 1. The lowest BCUT2D eigenvalue weighted by atomic mass is 10.1. The van der Waals surface area contributed by atoms with Gasteiger partial charge in [0, 0.05) is 24.4 Å². The lowest BCUT2D eigenvalue weighted by Crippen LogP contribution is -2.29. The van der Waals surface area contributed by atoms with Crippen molar-refractivity contribution >= 4 is 22.6 Å². The number of nitrogens with zero attached hydrogens (tertiary/aromatic N) is 2. The van der Waals surface area contributed by atoms with Gasteiger partial charge in [-0.1, -0.05) is 18.2 Å². The fraction of sp³-hybridized carbons (Fsp3) is 0.267. The molecule has 1 saturated heterocycles. The van der Waals surface area contributed by atoms with Crippen LogP contribution in [0.2, 0.25) is 0 Å². The molecule has 0 aliphatic carbocycles. The first kappa shape index (κ1) is 14.1. The summed E-state index contributed by atoms with van der Waals surface area (Å²) in [6.07, 6.45) is -0.585. The van der Waals surface area contributed by atoms with Gasteiger partial charge < -0.3 is 14.7 Å². The molecule has 22 heavy (non-hydrogen) atoms. The number of non-ortho nitro benzene ring substituents is 1. The highest BCUT2D eigenvalue weighted by Crippen LogP contribution is 2.34. The van der Waals surface area contributed by atoms with E-state index >= 15 is 0 Å². The van der Waals surface area contributed by atoms with Gasteiger partial charge in [0.15, 0.2) is 0 Å². The second-order valence-corrected chi connectivity index (χ2v) is 5.14. The standard InChI is InChI=1S/C15H14N2O5/c18-15(19)16-8-7-10(9-16)22-14-6-5-13(17(20)21)11-3-1-2-4-12(11)14/h1-6,10H,7-9H2,(H,18,19)/t10-/m0/s1. The Morgan fingerprint density at radius 3 is 2.64 bits per heavy atom. The van der Waals surface area contributed by atoms with Crippen LogP contribution in [0.1, 0.15) is 6.42 Å². The molecule has 0 radical (unpaired) electrons. The van der Waals surface area contributed by atoms with Crippen LogP contribution in [0, 0.1) is 10.1 Å². The third-order valence-corrected chi connectivity index (χ3v) is 3.77. The number of nitro groups is 1. The van der Waals surface area contributed by atoms with Crippen LogP contribution < -0.4 is 4.74 Å². The summed E-state index contributed by atoms with van der Waals surface area (Å²) in [5.41, 5.74) is 0.0292. The predicted molar refractivity (Wildman–Crippen MR) is 79.2 cm³/mol. The van der Waals surface area contributed by atoms with Crippen molar-refractivity contribution in [1.82, 2.24) is 4.90 Å². The van der Waals surface area contributed by atoms with Crippen LogP contribution in [-0.4, -0.2) is 40.2 Å². The minimum Gasteiger partial charge on any atom is -0.488 e. The largest absolute Gasteiger partial charge is 0.488 e. The number of likely N-dealkylation sites (tertiary alicyclic amines) is 1. The van der Waals surface area contributed by atoms with Crippen LogP contribution in [0.5, 0.6) is 5.75 Å². The number of rotatable bonds is 3. The average molecular weight is 302 g/mol. The van der Waals surface area contributed by atoms with E-state index < -0.39 is 11.0 Å². The minimum atomic E-state index is -0.959. The van der Waals surface area contributed by atoms with Gasteiger partial charge in [-0.3, -0.25) is 10.1 Å². The molecule has 7 heteroatoms.